The van der Waals surface area contributed by atoms with Gasteiger partial charge in [-0.15, -0.1) is 0 Å². The molecule has 1 aliphatic carbocycles. The quantitative estimate of drug-likeness (QED) is 0.297. The van der Waals surface area contributed by atoms with Crippen molar-refractivity contribution in [1.82, 2.24) is 14.6 Å². The van der Waals surface area contributed by atoms with Crippen molar-refractivity contribution in [3.63, 3.8) is 0 Å². The van der Waals surface area contributed by atoms with Crippen LogP contribution < -0.4 is 20.9 Å². The topological polar surface area (TPSA) is 147 Å². The Morgan fingerprint density at radius 2 is 2.00 bits per heavy atom. The molecule has 36 heavy (non-hydrogen) atoms. The number of hydrogen-bond acceptors (Lipinski definition) is 9. The number of ether oxygens (including phenoxy) is 3. The highest BCUT2D eigenvalue weighted by Crippen LogP contribution is 2.45. The molecule has 2 heterocycles. The van der Waals surface area contributed by atoms with E-state index in [4.69, 9.17) is 23.3 Å². The average molecular weight is 588 g/mol. The van der Waals surface area contributed by atoms with Gasteiger partial charge in [0.1, 0.15) is 18.4 Å². The van der Waals surface area contributed by atoms with E-state index in [1.54, 1.807) is 31.2 Å². The first kappa shape index (κ1) is 26.8. The molecule has 1 unspecified atom stereocenters. The Hall–Kier alpha value is -2.28. The van der Waals surface area contributed by atoms with Gasteiger partial charge in [0.15, 0.2) is 12.5 Å². The molecule has 1 aromatic heterocycles. The summed E-state index contributed by atoms with van der Waals surface area (Å²) in [5.74, 6) is 0.0481. The number of H-pyrrole nitrogens is 1. The van der Waals surface area contributed by atoms with Crippen molar-refractivity contribution in [2.75, 3.05) is 19.8 Å². The first-order valence-corrected chi connectivity index (χ1v) is 13.7. The zero-order chi connectivity index (χ0) is 25.9. The van der Waals surface area contributed by atoms with Gasteiger partial charge in [-0.25, -0.2) is 9.36 Å². The van der Waals surface area contributed by atoms with Gasteiger partial charge in [-0.1, -0.05) is 15.9 Å². The summed E-state index contributed by atoms with van der Waals surface area (Å²) in [6.07, 6.45) is 1.61. The first-order chi connectivity index (χ1) is 17.1. The summed E-state index contributed by atoms with van der Waals surface area (Å²) in [6.45, 7) is 3.04. The van der Waals surface area contributed by atoms with Gasteiger partial charge in [-0.3, -0.25) is 23.7 Å². The molecule has 2 fully saturated rings. The maximum Gasteiger partial charge on any atom is 0.459 e. The molecular weight excluding hydrogens is 561 g/mol. The number of aromatic amines is 1. The Morgan fingerprint density at radius 1 is 1.28 bits per heavy atom. The molecule has 0 spiro atoms. The van der Waals surface area contributed by atoms with Crippen molar-refractivity contribution in [1.29, 1.82) is 0 Å². The highest BCUT2D eigenvalue weighted by molar-refractivity contribution is 9.10. The summed E-state index contributed by atoms with van der Waals surface area (Å²) in [4.78, 5) is 38.3. The minimum absolute atomic E-state index is 0.00535. The van der Waals surface area contributed by atoms with Crippen molar-refractivity contribution in [3.8, 4) is 5.75 Å². The Kier molecular flexibility index (Phi) is 8.48. The predicted octanol–water partition coefficient (Wildman–Crippen LogP) is 2.61. The van der Waals surface area contributed by atoms with Gasteiger partial charge in [0.25, 0.3) is 5.56 Å². The summed E-state index contributed by atoms with van der Waals surface area (Å²) < 4.78 is 43.3. The highest BCUT2D eigenvalue weighted by atomic mass is 79.9. The van der Waals surface area contributed by atoms with Crippen LogP contribution in [0.4, 0.5) is 0 Å². The van der Waals surface area contributed by atoms with Crippen molar-refractivity contribution >= 4 is 29.6 Å². The zero-order valence-corrected chi connectivity index (χ0v) is 22.2. The molecule has 0 radical (unpaired) electrons. The molecule has 1 aliphatic heterocycles. The number of aromatic nitrogens is 2. The molecule has 0 amide bonds. The molecule has 0 bridgehead atoms. The molecule has 4 atom stereocenters. The lowest BCUT2D eigenvalue weighted by Gasteiger charge is -2.24. The number of halogens is 1. The van der Waals surface area contributed by atoms with Crippen LogP contribution in [-0.2, 0) is 28.1 Å². The smallest absolute Gasteiger partial charge is 0.459 e. The van der Waals surface area contributed by atoms with Crippen LogP contribution in [0.25, 0.3) is 0 Å². The number of nitrogens with one attached hydrogen (secondary N) is 2. The molecule has 2 N–H and O–H groups in total. The summed E-state index contributed by atoms with van der Waals surface area (Å²) >= 11 is 3.32. The minimum Gasteiger partial charge on any atom is -0.464 e. The van der Waals surface area contributed by atoms with Gasteiger partial charge < -0.3 is 18.7 Å². The van der Waals surface area contributed by atoms with Gasteiger partial charge in [-0.05, 0) is 56.9 Å². The van der Waals surface area contributed by atoms with Crippen LogP contribution in [0.3, 0.4) is 0 Å². The third-order valence-electron chi connectivity index (χ3n) is 5.47. The molecule has 14 heteroatoms. The maximum absolute atomic E-state index is 13.6. The second-order valence-corrected chi connectivity index (χ2v) is 11.2. The second-order valence-electron chi connectivity index (χ2n) is 8.59. The normalized spacial score (nSPS) is 22.1. The molecular formula is C22H27BrN3O9P. The molecule has 1 saturated carbocycles. The third-order valence-corrected chi connectivity index (χ3v) is 7.65. The number of esters is 1. The number of carbonyl (C=O) groups is 1. The largest absolute Gasteiger partial charge is 0.464 e. The number of rotatable bonds is 11. The van der Waals surface area contributed by atoms with Crippen LogP contribution in [0, 0.1) is 12.8 Å². The number of hydrogen-bond donors (Lipinski definition) is 2. The number of benzene rings is 1. The molecule has 4 rings (SSSR count). The van der Waals surface area contributed by atoms with Crippen molar-refractivity contribution in [2.45, 2.75) is 45.2 Å². The van der Waals surface area contributed by atoms with Crippen LogP contribution in [-0.4, -0.2) is 47.7 Å². The Balaban J connectivity index is 1.41. The van der Waals surface area contributed by atoms with E-state index in [-0.39, 0.29) is 19.0 Å². The monoisotopic (exact) mass is 587 g/mol. The van der Waals surface area contributed by atoms with E-state index < -0.39 is 43.5 Å². The van der Waals surface area contributed by atoms with E-state index in [0.717, 1.165) is 17.3 Å². The lowest BCUT2D eigenvalue weighted by Crippen LogP contribution is -2.36. The summed E-state index contributed by atoms with van der Waals surface area (Å²) in [5, 5.41) is 2.61. The summed E-state index contributed by atoms with van der Waals surface area (Å²) in [7, 11) is -4.11. The summed E-state index contributed by atoms with van der Waals surface area (Å²) in [5.41, 5.74) is -0.806. The molecule has 1 aromatic carbocycles. The van der Waals surface area contributed by atoms with E-state index in [0.29, 0.717) is 18.1 Å². The molecule has 12 nitrogen and oxygen atoms in total. The Labute approximate surface area is 214 Å². The lowest BCUT2D eigenvalue weighted by atomic mass is 10.3. The van der Waals surface area contributed by atoms with E-state index in [9.17, 15) is 18.9 Å². The second kappa shape index (κ2) is 11.4. The van der Waals surface area contributed by atoms with Gasteiger partial charge in [0.2, 0.25) is 0 Å². The number of aryl methyl sites for hydroxylation is 1. The average Bonchev–Trinajstić information content (AvgIpc) is 3.55. The van der Waals surface area contributed by atoms with E-state index in [1.165, 1.54) is 17.7 Å². The Bertz CT molecular complexity index is 1240. The van der Waals surface area contributed by atoms with Gasteiger partial charge in [0.05, 0.1) is 13.2 Å². The van der Waals surface area contributed by atoms with Crippen LogP contribution in [0.5, 0.6) is 5.75 Å². The molecule has 196 valence electrons. The molecule has 1 saturated heterocycles. The fourth-order valence-corrected chi connectivity index (χ4v) is 5.00. The predicted molar refractivity (Wildman–Crippen MR) is 131 cm³/mol. The zero-order valence-electron chi connectivity index (χ0n) is 19.7. The van der Waals surface area contributed by atoms with Gasteiger partial charge in [0, 0.05) is 16.2 Å². The lowest BCUT2D eigenvalue weighted by molar-refractivity contribution is -0.145. The van der Waals surface area contributed by atoms with E-state index >= 15 is 0 Å². The van der Waals surface area contributed by atoms with Crippen LogP contribution >= 0.6 is 23.7 Å². The number of carbonyl (C=O) groups excluding carboxylic acids is 1. The maximum atomic E-state index is 13.6. The van der Waals surface area contributed by atoms with Crippen LogP contribution in [0.15, 0.2) is 44.5 Å². The fourth-order valence-electron chi connectivity index (χ4n) is 3.26. The Morgan fingerprint density at radius 3 is 2.69 bits per heavy atom. The molecule has 2 aliphatic rings. The van der Waals surface area contributed by atoms with Crippen molar-refractivity contribution in [2.24, 2.45) is 5.92 Å². The van der Waals surface area contributed by atoms with Crippen LogP contribution in [0.2, 0.25) is 0 Å². The van der Waals surface area contributed by atoms with Crippen molar-refractivity contribution < 1.29 is 32.6 Å². The number of nitrogens with zero attached hydrogens (tertiary/aromatic N) is 1. The SMILES string of the molecule is Cc1cn([C@H]2CO[C@@H](COP(=O)(N[C@@H](C)C(=O)OCC3CC3)Oc3ccc(Br)cc3)O2)c(=O)[nH]c1=O. The van der Waals surface area contributed by atoms with Gasteiger partial charge in [-0.2, -0.15) is 5.09 Å². The molecule has 2 aromatic rings. The van der Waals surface area contributed by atoms with E-state index in [2.05, 4.69) is 26.0 Å². The fraction of sp³-hybridized carbons (Fsp3) is 0.500. The first-order valence-electron chi connectivity index (χ1n) is 11.4. The third kappa shape index (κ3) is 7.15. The van der Waals surface area contributed by atoms with E-state index in [1.807, 2.05) is 0 Å². The van der Waals surface area contributed by atoms with Crippen molar-refractivity contribution in [3.05, 3.63) is 61.3 Å². The highest BCUT2D eigenvalue weighted by Gasteiger charge is 2.36. The standard InChI is InChI=1S/C22H27BrN3O9P/c1-13-9-26(22(29)24-20(13)27)18-11-31-19(34-18)12-33-36(30,35-17-7-5-16(23)6-8-17)25-14(2)21(28)32-10-15-3-4-15/h5-9,14-15,18-19H,3-4,10-12H2,1-2H3,(H,25,30)(H,24,27,29)/t14-,18+,19+,36?/m0/s1. The summed E-state index contributed by atoms with van der Waals surface area (Å²) in [6, 6.07) is 5.59. The van der Waals surface area contributed by atoms with Gasteiger partial charge >= 0.3 is 19.4 Å². The minimum atomic E-state index is -4.11. The van der Waals surface area contributed by atoms with Crippen LogP contribution in [0.1, 0.15) is 31.6 Å².